The summed E-state index contributed by atoms with van der Waals surface area (Å²) < 4.78 is 5.34. The maximum Gasteiger partial charge on any atom is 0.230 e. The number of benzene rings is 1. The molecule has 0 radical (unpaired) electrons. The molecule has 1 fully saturated rings. The van der Waals surface area contributed by atoms with E-state index in [0.29, 0.717) is 18.8 Å². The molecular weight excluding hydrogens is 286 g/mol. The first-order chi connectivity index (χ1) is 9.99. The predicted octanol–water partition coefficient (Wildman–Crippen LogP) is 1.88. The number of thioether (sulfide) groups is 1. The third-order valence-corrected chi connectivity index (χ3v) is 4.84. The molecule has 2 atom stereocenters. The lowest BCUT2D eigenvalue weighted by molar-refractivity contribution is -0.120. The molecule has 1 amide bonds. The Morgan fingerprint density at radius 1 is 1.57 bits per heavy atom. The summed E-state index contributed by atoms with van der Waals surface area (Å²) in [6, 6.07) is 8.29. The number of hydrogen-bond acceptors (Lipinski definition) is 4. The molecule has 0 bridgehead atoms. The second-order valence-corrected chi connectivity index (χ2v) is 6.61. The highest BCUT2D eigenvalue weighted by molar-refractivity contribution is 7.99. The minimum Gasteiger partial charge on any atom is -0.385 e. The van der Waals surface area contributed by atoms with Gasteiger partial charge in [-0.3, -0.25) is 4.79 Å². The van der Waals surface area contributed by atoms with E-state index in [-0.39, 0.29) is 18.6 Å². The van der Waals surface area contributed by atoms with Crippen LogP contribution in [0.3, 0.4) is 0 Å². The van der Waals surface area contributed by atoms with Crippen molar-refractivity contribution < 1.29 is 14.6 Å². The highest BCUT2D eigenvalue weighted by atomic mass is 32.2. The normalized spacial score (nSPS) is 25.0. The fourth-order valence-electron chi connectivity index (χ4n) is 2.37. The van der Waals surface area contributed by atoms with Crippen LogP contribution in [0.5, 0.6) is 0 Å². The van der Waals surface area contributed by atoms with Crippen LogP contribution in [0.4, 0.5) is 0 Å². The van der Waals surface area contributed by atoms with Crippen LogP contribution in [-0.2, 0) is 15.3 Å². The third-order valence-electron chi connectivity index (χ3n) is 3.84. The molecule has 1 aliphatic rings. The van der Waals surface area contributed by atoms with Crippen molar-refractivity contribution in [2.45, 2.75) is 37.7 Å². The van der Waals surface area contributed by atoms with E-state index in [0.717, 1.165) is 5.75 Å². The lowest BCUT2D eigenvalue weighted by atomic mass is 9.97. The summed E-state index contributed by atoms with van der Waals surface area (Å²) >= 11 is 1.58. The fourth-order valence-corrected chi connectivity index (χ4v) is 3.17. The standard InChI is InChI=1S/C16H23NO3S/c1-12-4-3-5-14(8-12)9-21-10-15(18)17-11-16(19)6-7-20-13(16)2/h3-5,8,13,19H,6-7,9-11H2,1-2H3,(H,17,18). The van der Waals surface area contributed by atoms with Crippen molar-refractivity contribution in [2.24, 2.45) is 0 Å². The van der Waals surface area contributed by atoms with Crippen molar-refractivity contribution in [1.29, 1.82) is 0 Å². The number of rotatable bonds is 6. The van der Waals surface area contributed by atoms with E-state index in [1.54, 1.807) is 11.8 Å². The number of nitrogens with one attached hydrogen (secondary N) is 1. The molecule has 0 aliphatic carbocycles. The lowest BCUT2D eigenvalue weighted by Gasteiger charge is -2.26. The first kappa shape index (κ1) is 16.3. The summed E-state index contributed by atoms with van der Waals surface area (Å²) in [5.74, 6) is 1.18. The first-order valence-electron chi connectivity index (χ1n) is 7.23. The van der Waals surface area contributed by atoms with Gasteiger partial charge in [-0.1, -0.05) is 29.8 Å². The van der Waals surface area contributed by atoms with E-state index in [9.17, 15) is 9.90 Å². The van der Waals surface area contributed by atoms with Gasteiger partial charge in [-0.05, 0) is 19.4 Å². The van der Waals surface area contributed by atoms with Gasteiger partial charge in [0.25, 0.3) is 0 Å². The van der Waals surface area contributed by atoms with Crippen molar-refractivity contribution in [3.63, 3.8) is 0 Å². The van der Waals surface area contributed by atoms with Crippen molar-refractivity contribution >= 4 is 17.7 Å². The van der Waals surface area contributed by atoms with E-state index in [4.69, 9.17) is 4.74 Å². The predicted molar refractivity (Wildman–Crippen MR) is 85.3 cm³/mol. The Bertz CT molecular complexity index is 494. The molecule has 5 heteroatoms. The molecule has 116 valence electrons. The van der Waals surface area contributed by atoms with Crippen LogP contribution in [0.1, 0.15) is 24.5 Å². The van der Waals surface area contributed by atoms with Gasteiger partial charge in [0.1, 0.15) is 5.60 Å². The molecule has 4 nitrogen and oxygen atoms in total. The summed E-state index contributed by atoms with van der Waals surface area (Å²) in [4.78, 5) is 11.8. The zero-order chi connectivity index (χ0) is 15.3. The number of aryl methyl sites for hydroxylation is 1. The molecule has 0 spiro atoms. The fraction of sp³-hybridized carbons (Fsp3) is 0.562. The molecule has 1 aromatic carbocycles. The maximum atomic E-state index is 11.8. The molecule has 2 rings (SSSR count). The van der Waals surface area contributed by atoms with Crippen molar-refractivity contribution in [3.8, 4) is 0 Å². The highest BCUT2D eigenvalue weighted by Crippen LogP contribution is 2.24. The van der Waals surface area contributed by atoms with Crippen molar-refractivity contribution in [2.75, 3.05) is 18.9 Å². The Morgan fingerprint density at radius 3 is 3.05 bits per heavy atom. The largest absolute Gasteiger partial charge is 0.385 e. The van der Waals surface area contributed by atoms with Gasteiger partial charge in [0.15, 0.2) is 0 Å². The van der Waals surface area contributed by atoms with Crippen LogP contribution >= 0.6 is 11.8 Å². The summed E-state index contributed by atoms with van der Waals surface area (Å²) in [5.41, 5.74) is 1.54. The van der Waals surface area contributed by atoms with Gasteiger partial charge in [-0.15, -0.1) is 11.8 Å². The smallest absolute Gasteiger partial charge is 0.230 e. The van der Waals surface area contributed by atoms with E-state index < -0.39 is 5.60 Å². The number of carbonyl (C=O) groups is 1. The van der Waals surface area contributed by atoms with Crippen LogP contribution in [-0.4, -0.2) is 41.6 Å². The molecular formula is C16H23NO3S. The molecule has 1 aromatic rings. The monoisotopic (exact) mass is 309 g/mol. The Labute approximate surface area is 130 Å². The van der Waals surface area contributed by atoms with Crippen LogP contribution in [0.15, 0.2) is 24.3 Å². The Kier molecular flexibility index (Phi) is 5.67. The van der Waals surface area contributed by atoms with Gasteiger partial charge in [-0.2, -0.15) is 0 Å². The SMILES string of the molecule is Cc1cccc(CSCC(=O)NCC2(O)CCOC2C)c1. The minimum absolute atomic E-state index is 0.0415. The minimum atomic E-state index is -0.920. The summed E-state index contributed by atoms with van der Waals surface area (Å²) in [6.07, 6.45) is 0.350. The Balaban J connectivity index is 1.68. The van der Waals surface area contributed by atoms with E-state index in [2.05, 4.69) is 30.4 Å². The molecule has 2 N–H and O–H groups in total. The zero-order valence-electron chi connectivity index (χ0n) is 12.6. The van der Waals surface area contributed by atoms with Crippen LogP contribution in [0.25, 0.3) is 0 Å². The topological polar surface area (TPSA) is 58.6 Å². The Morgan fingerprint density at radius 2 is 2.38 bits per heavy atom. The molecule has 2 unspecified atom stereocenters. The van der Waals surface area contributed by atoms with E-state index >= 15 is 0 Å². The number of carbonyl (C=O) groups excluding carboxylic acids is 1. The van der Waals surface area contributed by atoms with Gasteiger partial charge in [0.05, 0.1) is 11.9 Å². The van der Waals surface area contributed by atoms with Crippen LogP contribution in [0, 0.1) is 6.92 Å². The molecule has 21 heavy (non-hydrogen) atoms. The average Bonchev–Trinajstić information content (AvgIpc) is 2.77. The maximum absolute atomic E-state index is 11.8. The average molecular weight is 309 g/mol. The van der Waals surface area contributed by atoms with Gasteiger partial charge < -0.3 is 15.2 Å². The second kappa shape index (κ2) is 7.29. The second-order valence-electron chi connectivity index (χ2n) is 5.63. The molecule has 0 saturated carbocycles. The van der Waals surface area contributed by atoms with Crippen LogP contribution < -0.4 is 5.32 Å². The molecule has 1 saturated heterocycles. The van der Waals surface area contributed by atoms with Crippen molar-refractivity contribution in [3.05, 3.63) is 35.4 Å². The number of ether oxygens (including phenoxy) is 1. The Hall–Kier alpha value is -1.04. The number of hydrogen-bond donors (Lipinski definition) is 2. The highest BCUT2D eigenvalue weighted by Gasteiger charge is 2.39. The summed E-state index contributed by atoms with van der Waals surface area (Å²) in [5, 5.41) is 13.1. The van der Waals surface area contributed by atoms with Gasteiger partial charge in [-0.25, -0.2) is 0 Å². The zero-order valence-corrected chi connectivity index (χ0v) is 13.4. The summed E-state index contributed by atoms with van der Waals surface area (Å²) in [7, 11) is 0. The molecule has 0 aromatic heterocycles. The summed E-state index contributed by atoms with van der Waals surface area (Å²) in [6.45, 7) is 4.71. The van der Waals surface area contributed by atoms with Gasteiger partial charge in [0, 0.05) is 25.3 Å². The third kappa shape index (κ3) is 4.73. The van der Waals surface area contributed by atoms with E-state index in [1.165, 1.54) is 11.1 Å². The molecule has 1 heterocycles. The van der Waals surface area contributed by atoms with E-state index in [1.807, 2.05) is 13.0 Å². The van der Waals surface area contributed by atoms with Gasteiger partial charge in [0.2, 0.25) is 5.91 Å². The van der Waals surface area contributed by atoms with Crippen LogP contribution in [0.2, 0.25) is 0 Å². The number of aliphatic hydroxyl groups is 1. The molecule has 1 aliphatic heterocycles. The van der Waals surface area contributed by atoms with Crippen molar-refractivity contribution in [1.82, 2.24) is 5.32 Å². The van der Waals surface area contributed by atoms with Gasteiger partial charge >= 0.3 is 0 Å². The first-order valence-corrected chi connectivity index (χ1v) is 8.39. The lowest BCUT2D eigenvalue weighted by Crippen LogP contribution is -2.47. The quantitative estimate of drug-likeness (QED) is 0.842. The number of amides is 1.